The monoisotopic (exact) mass is 390 g/mol. The molecule has 0 aliphatic heterocycles. The Labute approximate surface area is 160 Å². The van der Waals surface area contributed by atoms with Crippen LogP contribution in [0.1, 0.15) is 11.1 Å². The van der Waals surface area contributed by atoms with E-state index in [1.165, 1.54) is 40.6 Å². The van der Waals surface area contributed by atoms with Gasteiger partial charge in [-0.1, -0.05) is 18.2 Å². The van der Waals surface area contributed by atoms with Gasteiger partial charge in [0.25, 0.3) is 0 Å². The third kappa shape index (κ3) is 3.80. The number of rotatable bonds is 8. The first-order valence-corrected chi connectivity index (χ1v) is 7.86. The topological polar surface area (TPSA) is 123 Å². The summed E-state index contributed by atoms with van der Waals surface area (Å²) in [6.45, 7) is 0. The summed E-state index contributed by atoms with van der Waals surface area (Å²) in [5.74, 6) is -0.152. The maximum absolute atomic E-state index is 11.7. The van der Waals surface area contributed by atoms with Crippen LogP contribution >= 0.6 is 0 Å². The fourth-order valence-electron chi connectivity index (χ4n) is 2.65. The van der Waals surface area contributed by atoms with E-state index in [4.69, 9.17) is 18.9 Å². The van der Waals surface area contributed by atoms with Crippen LogP contribution in [0.2, 0.25) is 0 Å². The van der Waals surface area contributed by atoms with Crippen molar-refractivity contribution in [3.05, 3.63) is 55.6 Å². The zero-order valence-corrected chi connectivity index (χ0v) is 15.6. The van der Waals surface area contributed by atoms with E-state index in [2.05, 4.69) is 0 Å². The zero-order valence-electron chi connectivity index (χ0n) is 15.6. The Hall–Kier alpha value is -3.82. The minimum absolute atomic E-state index is 0.231. The highest BCUT2D eigenvalue weighted by Gasteiger charge is 2.38. The van der Waals surface area contributed by atoms with Gasteiger partial charge >= 0.3 is 11.4 Å². The van der Waals surface area contributed by atoms with Crippen molar-refractivity contribution in [2.75, 3.05) is 28.4 Å². The summed E-state index contributed by atoms with van der Waals surface area (Å²) >= 11 is 0. The van der Waals surface area contributed by atoms with Crippen LogP contribution in [0.15, 0.2) is 24.3 Å². The Balaban J connectivity index is 2.80. The molecule has 28 heavy (non-hydrogen) atoms. The molecule has 2 rings (SSSR count). The van der Waals surface area contributed by atoms with E-state index in [0.717, 1.165) is 0 Å². The van der Waals surface area contributed by atoms with E-state index >= 15 is 0 Å². The molecule has 0 saturated carbocycles. The second-order valence-electron chi connectivity index (χ2n) is 5.33. The van der Waals surface area contributed by atoms with Crippen LogP contribution in [-0.2, 0) is 0 Å². The predicted octanol–water partition coefficient (Wildman–Crippen LogP) is 3.71. The standard InChI is InChI=1S/C18H18N2O8/c1-25-12-8-5-11(6-9-12)7-10-13-14(19(21)22)16(26-2)18(28-4)17(27-3)15(13)20(23)24/h5-10H,1-4H3. The second kappa shape index (κ2) is 8.71. The Kier molecular flexibility index (Phi) is 6.38. The van der Waals surface area contributed by atoms with Gasteiger partial charge < -0.3 is 18.9 Å². The Morgan fingerprint density at radius 3 is 1.54 bits per heavy atom. The lowest BCUT2D eigenvalue weighted by Gasteiger charge is -2.14. The molecule has 0 fully saturated rings. The first-order valence-electron chi connectivity index (χ1n) is 7.86. The molecule has 0 saturated heterocycles. The molecule has 0 unspecified atom stereocenters. The minimum atomic E-state index is -0.762. The number of hydrogen-bond acceptors (Lipinski definition) is 8. The highest BCUT2D eigenvalue weighted by atomic mass is 16.6. The molecule has 2 aromatic rings. The van der Waals surface area contributed by atoms with E-state index in [-0.39, 0.29) is 22.8 Å². The van der Waals surface area contributed by atoms with E-state index in [1.807, 2.05) is 0 Å². The van der Waals surface area contributed by atoms with Crippen molar-refractivity contribution >= 4 is 23.5 Å². The first kappa shape index (κ1) is 20.5. The molecule has 0 spiro atoms. The van der Waals surface area contributed by atoms with Crippen molar-refractivity contribution in [2.24, 2.45) is 0 Å². The lowest BCUT2D eigenvalue weighted by atomic mass is 10.0. The lowest BCUT2D eigenvalue weighted by Crippen LogP contribution is -2.06. The highest BCUT2D eigenvalue weighted by molar-refractivity contribution is 5.87. The van der Waals surface area contributed by atoms with E-state index in [0.29, 0.717) is 11.3 Å². The van der Waals surface area contributed by atoms with E-state index < -0.39 is 21.2 Å². The summed E-state index contributed by atoms with van der Waals surface area (Å²) in [7, 11) is 5.13. The SMILES string of the molecule is COc1ccc(C=Cc2c([N+](=O)[O-])c(OC)c(OC)c(OC)c2[N+](=O)[O-])cc1. The van der Waals surface area contributed by atoms with Crippen LogP contribution in [0.25, 0.3) is 12.2 Å². The van der Waals surface area contributed by atoms with Gasteiger partial charge in [-0.15, -0.1) is 0 Å². The summed E-state index contributed by atoms with van der Waals surface area (Å²) in [5, 5.41) is 23.4. The number of methoxy groups -OCH3 is 4. The Bertz CT molecular complexity index is 879. The van der Waals surface area contributed by atoms with Crippen molar-refractivity contribution in [2.45, 2.75) is 0 Å². The minimum Gasteiger partial charge on any atom is -0.497 e. The van der Waals surface area contributed by atoms with Crippen molar-refractivity contribution in [3.8, 4) is 23.0 Å². The fourth-order valence-corrected chi connectivity index (χ4v) is 2.65. The molecule has 10 nitrogen and oxygen atoms in total. The zero-order chi connectivity index (χ0) is 20.8. The summed E-state index contributed by atoms with van der Waals surface area (Å²) in [4.78, 5) is 21.9. The third-order valence-corrected chi connectivity index (χ3v) is 3.89. The van der Waals surface area contributed by atoms with Crippen molar-refractivity contribution in [1.29, 1.82) is 0 Å². The number of hydrogen-bond donors (Lipinski definition) is 0. The van der Waals surface area contributed by atoms with Crippen molar-refractivity contribution in [3.63, 3.8) is 0 Å². The Morgan fingerprint density at radius 1 is 0.714 bits per heavy atom. The van der Waals surface area contributed by atoms with Gasteiger partial charge in [0.2, 0.25) is 17.2 Å². The predicted molar refractivity (Wildman–Crippen MR) is 101 cm³/mol. The van der Waals surface area contributed by atoms with Crippen LogP contribution in [0.5, 0.6) is 23.0 Å². The van der Waals surface area contributed by atoms with Gasteiger partial charge in [-0.05, 0) is 23.8 Å². The molecule has 0 aromatic heterocycles. The summed E-state index contributed by atoms with van der Waals surface area (Å²) in [6, 6.07) is 6.78. The van der Waals surface area contributed by atoms with E-state index in [1.54, 1.807) is 24.3 Å². The highest BCUT2D eigenvalue weighted by Crippen LogP contribution is 2.53. The normalized spacial score (nSPS) is 10.6. The maximum atomic E-state index is 11.7. The second-order valence-corrected chi connectivity index (χ2v) is 5.33. The molecular formula is C18H18N2O8. The molecule has 0 amide bonds. The fraction of sp³-hybridized carbons (Fsp3) is 0.222. The quantitative estimate of drug-likeness (QED) is 0.380. The van der Waals surface area contributed by atoms with Crippen LogP contribution in [0, 0.1) is 20.2 Å². The molecule has 0 radical (unpaired) electrons. The van der Waals surface area contributed by atoms with Gasteiger partial charge in [0.15, 0.2) is 0 Å². The molecule has 10 heteroatoms. The number of nitro groups is 2. The first-order chi connectivity index (χ1) is 13.4. The number of nitrogens with zero attached hydrogens (tertiary/aromatic N) is 2. The van der Waals surface area contributed by atoms with Crippen LogP contribution in [-0.4, -0.2) is 38.3 Å². The average Bonchev–Trinajstić information content (AvgIpc) is 2.70. The number of nitro benzene ring substituents is 2. The molecule has 2 aromatic carbocycles. The third-order valence-electron chi connectivity index (χ3n) is 3.89. The van der Waals surface area contributed by atoms with Gasteiger partial charge in [-0.2, -0.15) is 0 Å². The van der Waals surface area contributed by atoms with Gasteiger partial charge in [-0.25, -0.2) is 0 Å². The summed E-state index contributed by atoms with van der Waals surface area (Å²) in [6.07, 6.45) is 2.77. The van der Waals surface area contributed by atoms with Gasteiger partial charge in [-0.3, -0.25) is 20.2 Å². The number of benzene rings is 2. The molecule has 148 valence electrons. The smallest absolute Gasteiger partial charge is 0.329 e. The summed E-state index contributed by atoms with van der Waals surface area (Å²) in [5.41, 5.74) is -0.827. The molecule has 0 N–H and O–H groups in total. The summed E-state index contributed by atoms with van der Waals surface area (Å²) < 4.78 is 20.4. The molecule has 0 bridgehead atoms. The molecule has 0 aliphatic rings. The van der Waals surface area contributed by atoms with Crippen molar-refractivity contribution < 1.29 is 28.8 Å². The Morgan fingerprint density at radius 2 is 1.18 bits per heavy atom. The average molecular weight is 390 g/mol. The largest absolute Gasteiger partial charge is 0.497 e. The molecule has 0 aliphatic carbocycles. The molecular weight excluding hydrogens is 372 g/mol. The van der Waals surface area contributed by atoms with Gasteiger partial charge in [0.05, 0.1) is 38.3 Å². The number of ether oxygens (including phenoxy) is 4. The van der Waals surface area contributed by atoms with E-state index in [9.17, 15) is 20.2 Å². The van der Waals surface area contributed by atoms with Crippen LogP contribution < -0.4 is 18.9 Å². The van der Waals surface area contributed by atoms with Crippen LogP contribution in [0.3, 0.4) is 0 Å². The molecule has 0 heterocycles. The van der Waals surface area contributed by atoms with Gasteiger partial charge in [0, 0.05) is 0 Å². The van der Waals surface area contributed by atoms with Crippen molar-refractivity contribution in [1.82, 2.24) is 0 Å². The van der Waals surface area contributed by atoms with Gasteiger partial charge in [0.1, 0.15) is 11.3 Å². The molecule has 0 atom stereocenters. The lowest BCUT2D eigenvalue weighted by molar-refractivity contribution is -0.395. The van der Waals surface area contributed by atoms with Crippen LogP contribution in [0.4, 0.5) is 11.4 Å². The maximum Gasteiger partial charge on any atom is 0.329 e.